The second-order valence-electron chi connectivity index (χ2n) is 8.18. The molecule has 2 aromatic carbocycles. The van der Waals surface area contributed by atoms with Crippen LogP contribution in [0, 0.1) is 13.8 Å². The summed E-state index contributed by atoms with van der Waals surface area (Å²) in [6.07, 6.45) is 3.19. The molecule has 0 saturated carbocycles. The molecule has 1 unspecified atom stereocenters. The van der Waals surface area contributed by atoms with Crippen LogP contribution in [0.1, 0.15) is 33.9 Å². The number of benzene rings is 2. The molecule has 1 atom stereocenters. The van der Waals surface area contributed by atoms with E-state index in [1.54, 1.807) is 42.7 Å². The van der Waals surface area contributed by atoms with Crippen molar-refractivity contribution < 1.29 is 24.2 Å². The van der Waals surface area contributed by atoms with E-state index in [2.05, 4.69) is 4.98 Å². The van der Waals surface area contributed by atoms with Gasteiger partial charge in [0.05, 0.1) is 25.8 Å². The van der Waals surface area contributed by atoms with Crippen molar-refractivity contribution in [2.24, 2.45) is 0 Å². The molecule has 1 N–H and O–H groups in total. The molecule has 1 saturated heterocycles. The van der Waals surface area contributed by atoms with Crippen LogP contribution in [0.2, 0.25) is 0 Å². The monoisotopic (exact) mass is 458 g/mol. The summed E-state index contributed by atoms with van der Waals surface area (Å²) in [5.41, 5.74) is 3.84. The minimum absolute atomic E-state index is 0.0238. The molecular weight excluding hydrogens is 432 g/mol. The topological polar surface area (TPSA) is 89.0 Å². The summed E-state index contributed by atoms with van der Waals surface area (Å²) < 4.78 is 10.9. The number of Topliss-reactive ketones (excluding diaryl/α,β-unsaturated/α-hetero) is 1. The number of carbonyl (C=O) groups is 2. The van der Waals surface area contributed by atoms with Crippen molar-refractivity contribution in [3.05, 3.63) is 94.3 Å². The molecule has 7 nitrogen and oxygen atoms in total. The maximum Gasteiger partial charge on any atom is 0.295 e. The lowest BCUT2D eigenvalue weighted by Gasteiger charge is -2.26. The second-order valence-corrected chi connectivity index (χ2v) is 8.18. The minimum Gasteiger partial charge on any atom is -0.506 e. The molecule has 0 radical (unpaired) electrons. The number of aromatic nitrogens is 1. The Balaban J connectivity index is 1.93. The molecule has 0 bridgehead atoms. The third-order valence-corrected chi connectivity index (χ3v) is 6.07. The molecule has 1 aliphatic heterocycles. The Morgan fingerprint density at radius 3 is 2.26 bits per heavy atom. The Kier molecular flexibility index (Phi) is 6.36. The summed E-state index contributed by atoms with van der Waals surface area (Å²) in [4.78, 5) is 32.2. The van der Waals surface area contributed by atoms with E-state index in [9.17, 15) is 14.7 Å². The Labute approximate surface area is 198 Å². The number of hydrogen-bond donors (Lipinski definition) is 1. The Morgan fingerprint density at radius 2 is 1.65 bits per heavy atom. The van der Waals surface area contributed by atoms with Crippen LogP contribution in [0.25, 0.3) is 5.76 Å². The van der Waals surface area contributed by atoms with Gasteiger partial charge in [0.25, 0.3) is 11.7 Å². The zero-order chi connectivity index (χ0) is 24.4. The zero-order valence-electron chi connectivity index (χ0n) is 19.5. The summed E-state index contributed by atoms with van der Waals surface area (Å²) in [7, 11) is 2.93. The van der Waals surface area contributed by atoms with Crippen molar-refractivity contribution in [1.82, 2.24) is 9.88 Å². The Hall–Kier alpha value is -4.13. The number of aliphatic hydroxyl groups excluding tert-OH is 1. The van der Waals surface area contributed by atoms with E-state index in [0.29, 0.717) is 17.1 Å². The van der Waals surface area contributed by atoms with E-state index < -0.39 is 17.7 Å². The van der Waals surface area contributed by atoms with Crippen LogP contribution in [0.5, 0.6) is 11.5 Å². The third kappa shape index (κ3) is 4.01. The van der Waals surface area contributed by atoms with Crippen molar-refractivity contribution in [1.29, 1.82) is 0 Å². The highest BCUT2D eigenvalue weighted by Crippen LogP contribution is 2.43. The lowest BCUT2D eigenvalue weighted by Crippen LogP contribution is -2.29. The van der Waals surface area contributed by atoms with Gasteiger partial charge < -0.3 is 19.5 Å². The Bertz CT molecular complexity index is 1260. The number of rotatable bonds is 6. The number of amides is 1. The first-order valence-corrected chi connectivity index (χ1v) is 10.8. The zero-order valence-corrected chi connectivity index (χ0v) is 19.5. The smallest absolute Gasteiger partial charge is 0.295 e. The summed E-state index contributed by atoms with van der Waals surface area (Å²) >= 11 is 0. The molecule has 7 heteroatoms. The molecule has 1 aliphatic rings. The fraction of sp³-hybridized carbons (Fsp3) is 0.222. The number of ketones is 1. The van der Waals surface area contributed by atoms with Crippen molar-refractivity contribution in [3.63, 3.8) is 0 Å². The molecule has 2 heterocycles. The van der Waals surface area contributed by atoms with Gasteiger partial charge in [0.1, 0.15) is 22.8 Å². The number of aliphatic hydroxyl groups is 1. The number of ether oxygens (including phenoxy) is 2. The molecular formula is C27H26N2O5. The van der Waals surface area contributed by atoms with E-state index in [4.69, 9.17) is 9.47 Å². The van der Waals surface area contributed by atoms with Crippen LogP contribution in [-0.2, 0) is 16.1 Å². The molecule has 0 aliphatic carbocycles. The molecule has 3 aromatic rings. The van der Waals surface area contributed by atoms with Gasteiger partial charge in [-0.05, 0) is 54.8 Å². The van der Waals surface area contributed by atoms with Gasteiger partial charge in [-0.2, -0.15) is 0 Å². The van der Waals surface area contributed by atoms with Gasteiger partial charge in [0, 0.05) is 18.9 Å². The average Bonchev–Trinajstić information content (AvgIpc) is 3.10. The first kappa shape index (κ1) is 23.0. The van der Waals surface area contributed by atoms with Crippen LogP contribution in [-0.4, -0.2) is 40.9 Å². The predicted octanol–water partition coefficient (Wildman–Crippen LogP) is 4.34. The maximum atomic E-state index is 13.3. The van der Waals surface area contributed by atoms with Gasteiger partial charge in [-0.1, -0.05) is 29.8 Å². The minimum atomic E-state index is -0.808. The van der Waals surface area contributed by atoms with Crippen molar-refractivity contribution in [3.8, 4) is 11.5 Å². The predicted molar refractivity (Wildman–Crippen MR) is 128 cm³/mol. The number of methoxy groups -OCH3 is 2. The first-order chi connectivity index (χ1) is 16.4. The summed E-state index contributed by atoms with van der Waals surface area (Å²) in [6, 6.07) is 13.7. The van der Waals surface area contributed by atoms with E-state index in [0.717, 1.165) is 16.7 Å². The molecule has 34 heavy (non-hydrogen) atoms. The molecule has 1 fully saturated rings. The van der Waals surface area contributed by atoms with Crippen LogP contribution < -0.4 is 9.47 Å². The lowest BCUT2D eigenvalue weighted by molar-refractivity contribution is -0.140. The maximum absolute atomic E-state index is 13.3. The van der Waals surface area contributed by atoms with Gasteiger partial charge in [0.15, 0.2) is 0 Å². The van der Waals surface area contributed by atoms with E-state index >= 15 is 0 Å². The van der Waals surface area contributed by atoms with Gasteiger partial charge in [-0.15, -0.1) is 0 Å². The highest BCUT2D eigenvalue weighted by atomic mass is 16.5. The summed E-state index contributed by atoms with van der Waals surface area (Å²) in [6.45, 7) is 4.16. The fourth-order valence-corrected chi connectivity index (χ4v) is 4.31. The third-order valence-electron chi connectivity index (χ3n) is 6.07. The van der Waals surface area contributed by atoms with Gasteiger partial charge in [0.2, 0.25) is 0 Å². The quantitative estimate of drug-likeness (QED) is 0.336. The van der Waals surface area contributed by atoms with Gasteiger partial charge in [-0.3, -0.25) is 14.6 Å². The second kappa shape index (κ2) is 9.39. The highest BCUT2D eigenvalue weighted by Gasteiger charge is 2.46. The van der Waals surface area contributed by atoms with Gasteiger partial charge in [-0.25, -0.2) is 0 Å². The average molecular weight is 459 g/mol. The summed E-state index contributed by atoms with van der Waals surface area (Å²) in [5, 5.41) is 11.5. The Morgan fingerprint density at radius 1 is 1.00 bits per heavy atom. The van der Waals surface area contributed by atoms with E-state index in [1.807, 2.05) is 32.0 Å². The van der Waals surface area contributed by atoms with Crippen molar-refractivity contribution >= 4 is 17.4 Å². The first-order valence-electron chi connectivity index (χ1n) is 10.8. The standard InChI is InChI=1S/C27H26N2O5/c1-16-8-9-17(2)19(14-16)15-29-24(18-10-12-28-13-11-18)23(26(31)27(29)32)25(30)22-20(33-3)6-5-7-21(22)34-4/h5-14,24,30H,15H2,1-4H3/b25-23+. The number of pyridine rings is 1. The molecule has 1 amide bonds. The van der Waals surface area contributed by atoms with Crippen LogP contribution in [0.3, 0.4) is 0 Å². The van der Waals surface area contributed by atoms with E-state index in [1.165, 1.54) is 19.1 Å². The lowest BCUT2D eigenvalue weighted by atomic mass is 9.95. The van der Waals surface area contributed by atoms with Crippen LogP contribution in [0.15, 0.2) is 66.5 Å². The normalized spacial score (nSPS) is 17.2. The molecule has 1 aromatic heterocycles. The largest absolute Gasteiger partial charge is 0.506 e. The SMILES string of the molecule is COc1cccc(OC)c1/C(O)=C1\C(=O)C(=O)N(Cc2cc(C)ccc2C)C1c1ccncc1. The fourth-order valence-electron chi connectivity index (χ4n) is 4.31. The van der Waals surface area contributed by atoms with Crippen LogP contribution >= 0.6 is 0 Å². The van der Waals surface area contributed by atoms with Crippen LogP contribution in [0.4, 0.5) is 0 Å². The number of nitrogens with zero attached hydrogens (tertiary/aromatic N) is 2. The number of carbonyl (C=O) groups excluding carboxylic acids is 2. The number of aryl methyl sites for hydroxylation is 2. The molecule has 174 valence electrons. The highest BCUT2D eigenvalue weighted by molar-refractivity contribution is 6.46. The van der Waals surface area contributed by atoms with E-state index in [-0.39, 0.29) is 23.4 Å². The molecule has 0 spiro atoms. The van der Waals surface area contributed by atoms with Crippen molar-refractivity contribution in [2.75, 3.05) is 14.2 Å². The number of hydrogen-bond acceptors (Lipinski definition) is 6. The van der Waals surface area contributed by atoms with Gasteiger partial charge >= 0.3 is 0 Å². The van der Waals surface area contributed by atoms with Crippen molar-refractivity contribution in [2.45, 2.75) is 26.4 Å². The molecule has 4 rings (SSSR count). The summed E-state index contributed by atoms with van der Waals surface area (Å²) in [5.74, 6) is -1.15. The number of likely N-dealkylation sites (tertiary alicyclic amines) is 1.